The van der Waals surface area contributed by atoms with Gasteiger partial charge in [0.2, 0.25) is 0 Å². The molecule has 1 heterocycles. The van der Waals surface area contributed by atoms with Crippen molar-refractivity contribution in [1.82, 2.24) is 15.9 Å². The van der Waals surface area contributed by atoms with Crippen LogP contribution in [-0.4, -0.2) is 23.0 Å². The van der Waals surface area contributed by atoms with E-state index in [2.05, 4.69) is 10.9 Å². The number of carbonyl (C=O) groups excluding carboxylic acids is 3. The Morgan fingerprint density at radius 1 is 0.710 bits per heavy atom. The molecule has 1 aliphatic heterocycles. The van der Waals surface area contributed by atoms with Crippen LogP contribution in [0.4, 0.5) is 4.79 Å². The third-order valence-electron chi connectivity index (χ3n) is 5.15. The van der Waals surface area contributed by atoms with Gasteiger partial charge in [0.15, 0.2) is 0 Å². The lowest BCUT2D eigenvalue weighted by atomic mass is 9.77. The van der Waals surface area contributed by atoms with Gasteiger partial charge in [-0.1, -0.05) is 91.0 Å². The van der Waals surface area contributed by atoms with Crippen LogP contribution in [-0.2, 0) is 20.0 Å². The van der Waals surface area contributed by atoms with Crippen LogP contribution in [0.5, 0.6) is 0 Å². The van der Waals surface area contributed by atoms with Gasteiger partial charge in [-0.25, -0.2) is 10.2 Å². The second-order valence-electron chi connectivity index (χ2n) is 7.06. The molecule has 0 aromatic heterocycles. The molecule has 4 rings (SSSR count). The maximum absolute atomic E-state index is 12.5. The molecule has 1 aliphatic rings. The molecule has 0 unspecified atom stereocenters. The van der Waals surface area contributed by atoms with Crippen LogP contribution in [0.15, 0.2) is 91.0 Å². The summed E-state index contributed by atoms with van der Waals surface area (Å²) >= 11 is 0. The zero-order valence-corrected chi connectivity index (χ0v) is 16.7. The Hall–Kier alpha value is -3.97. The second kappa shape index (κ2) is 8.81. The zero-order chi connectivity index (χ0) is 21.7. The number of rotatable bonds is 6. The Balaban J connectivity index is 1.71. The lowest BCUT2D eigenvalue weighted by Gasteiger charge is -2.36. The van der Waals surface area contributed by atoms with Gasteiger partial charge >= 0.3 is 6.09 Å². The summed E-state index contributed by atoms with van der Waals surface area (Å²) in [6.45, 7) is 0. The van der Waals surface area contributed by atoms with E-state index in [-0.39, 0.29) is 12.8 Å². The first-order valence-electron chi connectivity index (χ1n) is 9.89. The van der Waals surface area contributed by atoms with Crippen LogP contribution in [0.1, 0.15) is 29.5 Å². The molecule has 7 heteroatoms. The predicted octanol–water partition coefficient (Wildman–Crippen LogP) is 3.27. The Morgan fingerprint density at radius 2 is 1.10 bits per heavy atom. The van der Waals surface area contributed by atoms with Crippen LogP contribution in [0.3, 0.4) is 0 Å². The van der Waals surface area contributed by atoms with Crippen molar-refractivity contribution in [3.63, 3.8) is 0 Å². The molecule has 1 saturated heterocycles. The minimum atomic E-state index is -0.962. The Labute approximate surface area is 179 Å². The van der Waals surface area contributed by atoms with Crippen molar-refractivity contribution in [2.75, 3.05) is 0 Å². The molecule has 31 heavy (non-hydrogen) atoms. The van der Waals surface area contributed by atoms with Crippen LogP contribution in [0.25, 0.3) is 0 Å². The minimum Gasteiger partial charge on any atom is -0.310 e. The topological polar surface area (TPSA) is 87.7 Å². The van der Waals surface area contributed by atoms with Crippen LogP contribution in [0.2, 0.25) is 0 Å². The number of amides is 3. The van der Waals surface area contributed by atoms with Crippen molar-refractivity contribution in [3.8, 4) is 0 Å². The normalized spacial score (nSPS) is 13.9. The Morgan fingerprint density at radius 3 is 1.48 bits per heavy atom. The number of carbonyl (C=O) groups is 3. The number of benzene rings is 3. The maximum Gasteiger partial charge on any atom is 0.446 e. The number of imide groups is 1. The molecular weight excluding hydrogens is 394 g/mol. The van der Waals surface area contributed by atoms with E-state index in [0.717, 1.165) is 16.7 Å². The van der Waals surface area contributed by atoms with E-state index in [1.54, 1.807) is 0 Å². The predicted molar refractivity (Wildman–Crippen MR) is 113 cm³/mol. The summed E-state index contributed by atoms with van der Waals surface area (Å²) in [4.78, 5) is 41.0. The lowest BCUT2D eigenvalue weighted by molar-refractivity contribution is -0.171. The molecule has 3 aromatic rings. The highest BCUT2D eigenvalue weighted by Gasteiger charge is 2.38. The van der Waals surface area contributed by atoms with Crippen molar-refractivity contribution >= 4 is 17.9 Å². The van der Waals surface area contributed by atoms with Crippen LogP contribution in [0, 0.1) is 0 Å². The third-order valence-corrected chi connectivity index (χ3v) is 5.15. The number of nitrogens with zero attached hydrogens (tertiary/aromatic N) is 1. The van der Waals surface area contributed by atoms with E-state index in [1.165, 1.54) is 0 Å². The van der Waals surface area contributed by atoms with Gasteiger partial charge in [-0.3, -0.25) is 15.0 Å². The van der Waals surface area contributed by atoms with E-state index in [0.29, 0.717) is 5.06 Å². The number of hydrogen-bond acceptors (Lipinski definition) is 5. The fourth-order valence-corrected chi connectivity index (χ4v) is 3.69. The highest BCUT2D eigenvalue weighted by molar-refractivity contribution is 6.01. The van der Waals surface area contributed by atoms with E-state index in [9.17, 15) is 14.4 Å². The van der Waals surface area contributed by atoms with Gasteiger partial charge in [0.1, 0.15) is 5.54 Å². The largest absolute Gasteiger partial charge is 0.446 e. The first-order valence-corrected chi connectivity index (χ1v) is 9.89. The number of hydrazine groups is 1. The van der Waals surface area contributed by atoms with E-state index in [1.807, 2.05) is 91.0 Å². The fourth-order valence-electron chi connectivity index (χ4n) is 3.69. The molecule has 1 fully saturated rings. The van der Waals surface area contributed by atoms with E-state index in [4.69, 9.17) is 4.84 Å². The lowest BCUT2D eigenvalue weighted by Crippen LogP contribution is -2.54. The average Bonchev–Trinajstić information content (AvgIpc) is 3.14. The number of hydrogen-bond donors (Lipinski definition) is 2. The SMILES string of the molecule is O=C(NNC(c1ccccc1)(c1ccccc1)c1ccccc1)ON1C(=O)CCC1=O. The average molecular weight is 415 g/mol. The van der Waals surface area contributed by atoms with Gasteiger partial charge in [0.05, 0.1) is 0 Å². The van der Waals surface area contributed by atoms with Crippen LogP contribution < -0.4 is 10.9 Å². The maximum atomic E-state index is 12.5. The molecule has 3 amide bonds. The second-order valence-corrected chi connectivity index (χ2v) is 7.06. The van der Waals surface area contributed by atoms with Crippen LogP contribution >= 0.6 is 0 Å². The summed E-state index contributed by atoms with van der Waals surface area (Å²) in [5, 5.41) is 0.506. The number of hydroxylamine groups is 2. The summed E-state index contributed by atoms with van der Waals surface area (Å²) in [5.74, 6) is -1.08. The first kappa shape index (κ1) is 20.3. The van der Waals surface area contributed by atoms with Gasteiger partial charge in [0, 0.05) is 12.8 Å². The Kier molecular flexibility index (Phi) is 5.77. The molecule has 0 atom stereocenters. The zero-order valence-electron chi connectivity index (χ0n) is 16.7. The number of nitrogens with one attached hydrogen (secondary N) is 2. The van der Waals surface area contributed by atoms with Crippen molar-refractivity contribution in [1.29, 1.82) is 0 Å². The monoisotopic (exact) mass is 415 g/mol. The van der Waals surface area contributed by atoms with E-state index < -0.39 is 23.4 Å². The molecule has 0 saturated carbocycles. The molecule has 3 aromatic carbocycles. The summed E-state index contributed by atoms with van der Waals surface area (Å²) in [5.41, 5.74) is 7.31. The molecular formula is C24H21N3O4. The van der Waals surface area contributed by atoms with Gasteiger partial charge < -0.3 is 4.84 Å². The molecule has 0 spiro atoms. The summed E-state index contributed by atoms with van der Waals surface area (Å²) < 4.78 is 0. The fraction of sp³-hybridized carbons (Fsp3) is 0.125. The van der Waals surface area contributed by atoms with Crippen molar-refractivity contribution in [2.24, 2.45) is 0 Å². The summed E-state index contributed by atoms with van der Waals surface area (Å²) in [6, 6.07) is 28.9. The van der Waals surface area contributed by atoms with Gasteiger partial charge in [-0.15, -0.1) is 5.06 Å². The summed E-state index contributed by atoms with van der Waals surface area (Å²) in [7, 11) is 0. The van der Waals surface area contributed by atoms with E-state index >= 15 is 0 Å². The van der Waals surface area contributed by atoms with Gasteiger partial charge in [-0.2, -0.15) is 0 Å². The molecule has 0 aliphatic carbocycles. The molecule has 156 valence electrons. The van der Waals surface area contributed by atoms with Crippen molar-refractivity contribution in [2.45, 2.75) is 18.4 Å². The van der Waals surface area contributed by atoms with Gasteiger partial charge in [-0.05, 0) is 16.7 Å². The minimum absolute atomic E-state index is 0.0293. The van der Waals surface area contributed by atoms with Crippen molar-refractivity contribution in [3.05, 3.63) is 108 Å². The smallest absolute Gasteiger partial charge is 0.310 e. The highest BCUT2D eigenvalue weighted by Crippen LogP contribution is 2.36. The molecule has 7 nitrogen and oxygen atoms in total. The quantitative estimate of drug-likeness (QED) is 0.367. The van der Waals surface area contributed by atoms with Gasteiger partial charge in [0.25, 0.3) is 11.8 Å². The first-order chi connectivity index (χ1) is 15.1. The molecule has 0 bridgehead atoms. The van der Waals surface area contributed by atoms with Crippen molar-refractivity contribution < 1.29 is 19.2 Å². The standard InChI is InChI=1S/C24H21N3O4/c28-21-16-17-22(29)27(21)31-23(30)25-26-24(18-10-4-1-5-11-18,19-12-6-2-7-13-19)20-14-8-3-9-15-20/h1-15,26H,16-17H2,(H,25,30). The summed E-state index contributed by atoms with van der Waals surface area (Å²) in [6.07, 6.45) is -0.904. The highest BCUT2D eigenvalue weighted by atomic mass is 16.7. The third kappa shape index (κ3) is 4.04. The molecule has 2 N–H and O–H groups in total. The Bertz CT molecular complexity index is 959. The molecule has 0 radical (unpaired) electrons.